The van der Waals surface area contributed by atoms with Crippen LogP contribution in [0.4, 0.5) is 0 Å². The Kier molecular flexibility index (Phi) is 10.2. The zero-order valence-electron chi connectivity index (χ0n) is 15.3. The SMILES string of the molecule is CCNC(=NCC1CCCN(C)C1)N1CCSC(C(C)C)C1.I. The predicted octanol–water partition coefficient (Wildman–Crippen LogP) is 2.99. The Hall–Kier alpha value is 0.310. The molecular formula is C17H35IN4S. The van der Waals surface area contributed by atoms with Crippen LogP contribution in [-0.4, -0.2) is 73.1 Å². The fourth-order valence-corrected chi connectivity index (χ4v) is 4.63. The molecule has 6 heteroatoms. The topological polar surface area (TPSA) is 30.9 Å². The third-order valence-electron chi connectivity index (χ3n) is 4.69. The van der Waals surface area contributed by atoms with Crippen LogP contribution in [-0.2, 0) is 0 Å². The van der Waals surface area contributed by atoms with Crippen molar-refractivity contribution in [3.8, 4) is 0 Å². The lowest BCUT2D eigenvalue weighted by Gasteiger charge is -2.36. The van der Waals surface area contributed by atoms with Crippen molar-refractivity contribution in [3.63, 3.8) is 0 Å². The van der Waals surface area contributed by atoms with Gasteiger partial charge in [0.15, 0.2) is 5.96 Å². The fourth-order valence-electron chi connectivity index (χ4n) is 3.33. The van der Waals surface area contributed by atoms with Crippen molar-refractivity contribution in [2.45, 2.75) is 38.9 Å². The molecule has 2 aliphatic heterocycles. The molecule has 0 amide bonds. The Morgan fingerprint density at radius 1 is 1.30 bits per heavy atom. The smallest absolute Gasteiger partial charge is 0.193 e. The highest BCUT2D eigenvalue weighted by Crippen LogP contribution is 2.25. The van der Waals surface area contributed by atoms with E-state index in [1.54, 1.807) is 0 Å². The van der Waals surface area contributed by atoms with E-state index in [9.17, 15) is 0 Å². The van der Waals surface area contributed by atoms with Gasteiger partial charge in [-0.1, -0.05) is 13.8 Å². The Morgan fingerprint density at radius 3 is 2.74 bits per heavy atom. The van der Waals surface area contributed by atoms with Gasteiger partial charge in [0.1, 0.15) is 0 Å². The molecule has 1 N–H and O–H groups in total. The summed E-state index contributed by atoms with van der Waals surface area (Å²) in [6.07, 6.45) is 2.65. The Bertz CT molecular complexity index is 365. The molecule has 2 rings (SSSR count). The Labute approximate surface area is 164 Å². The van der Waals surface area contributed by atoms with E-state index in [0.717, 1.165) is 49.2 Å². The number of hydrogen-bond donors (Lipinski definition) is 1. The average Bonchev–Trinajstić information content (AvgIpc) is 2.51. The molecular weight excluding hydrogens is 419 g/mol. The summed E-state index contributed by atoms with van der Waals surface area (Å²) in [5.41, 5.74) is 0. The summed E-state index contributed by atoms with van der Waals surface area (Å²) in [4.78, 5) is 9.92. The number of nitrogens with one attached hydrogen (secondary N) is 1. The van der Waals surface area contributed by atoms with Gasteiger partial charge in [0.2, 0.25) is 0 Å². The normalized spacial score (nSPS) is 27.0. The van der Waals surface area contributed by atoms with E-state index in [1.165, 1.54) is 31.7 Å². The van der Waals surface area contributed by atoms with Gasteiger partial charge in [0, 0.05) is 43.7 Å². The van der Waals surface area contributed by atoms with E-state index in [2.05, 4.69) is 54.7 Å². The zero-order valence-corrected chi connectivity index (χ0v) is 18.4. The molecule has 136 valence electrons. The summed E-state index contributed by atoms with van der Waals surface area (Å²) in [6.45, 7) is 13.5. The van der Waals surface area contributed by atoms with Crippen LogP contribution in [0.3, 0.4) is 0 Å². The van der Waals surface area contributed by atoms with E-state index >= 15 is 0 Å². The van der Waals surface area contributed by atoms with Gasteiger partial charge in [0.25, 0.3) is 0 Å². The van der Waals surface area contributed by atoms with Crippen molar-refractivity contribution in [1.29, 1.82) is 0 Å². The fraction of sp³-hybridized carbons (Fsp3) is 0.941. The summed E-state index contributed by atoms with van der Waals surface area (Å²) in [6, 6.07) is 0. The standard InChI is InChI=1S/C17H34N4S.HI/c1-5-18-17(19-11-15-7-6-8-20(4)12-15)21-9-10-22-16(13-21)14(2)3;/h14-16H,5-13H2,1-4H3,(H,18,19);1H. The first-order chi connectivity index (χ1) is 10.6. The second-order valence-electron chi connectivity index (χ2n) is 7.06. The van der Waals surface area contributed by atoms with E-state index in [-0.39, 0.29) is 24.0 Å². The lowest BCUT2D eigenvalue weighted by atomic mass is 9.99. The third kappa shape index (κ3) is 6.98. The third-order valence-corrected chi connectivity index (χ3v) is 6.23. The minimum Gasteiger partial charge on any atom is -0.357 e. The molecule has 2 aliphatic rings. The monoisotopic (exact) mass is 454 g/mol. The molecule has 2 atom stereocenters. The minimum absolute atomic E-state index is 0. The first-order valence-corrected chi connectivity index (χ1v) is 9.98. The van der Waals surface area contributed by atoms with Gasteiger partial charge in [-0.2, -0.15) is 11.8 Å². The number of guanidine groups is 1. The van der Waals surface area contributed by atoms with Crippen LogP contribution < -0.4 is 5.32 Å². The predicted molar refractivity (Wildman–Crippen MR) is 114 cm³/mol. The van der Waals surface area contributed by atoms with Gasteiger partial charge in [-0.3, -0.25) is 4.99 Å². The quantitative estimate of drug-likeness (QED) is 0.402. The number of halogens is 1. The number of piperidine rings is 1. The summed E-state index contributed by atoms with van der Waals surface area (Å²) in [5.74, 6) is 3.83. The summed E-state index contributed by atoms with van der Waals surface area (Å²) in [5, 5.41) is 4.25. The van der Waals surface area contributed by atoms with Crippen molar-refractivity contribution in [2.24, 2.45) is 16.8 Å². The number of aliphatic imine (C=N–C) groups is 1. The lowest BCUT2D eigenvalue weighted by Crippen LogP contribution is -2.49. The first-order valence-electron chi connectivity index (χ1n) is 8.93. The van der Waals surface area contributed by atoms with Gasteiger partial charge >= 0.3 is 0 Å². The molecule has 23 heavy (non-hydrogen) atoms. The van der Waals surface area contributed by atoms with Crippen LogP contribution in [0.25, 0.3) is 0 Å². The van der Waals surface area contributed by atoms with Gasteiger partial charge in [-0.15, -0.1) is 24.0 Å². The summed E-state index contributed by atoms with van der Waals surface area (Å²) >= 11 is 2.13. The number of likely N-dealkylation sites (tertiary alicyclic amines) is 1. The largest absolute Gasteiger partial charge is 0.357 e. The molecule has 0 saturated carbocycles. The van der Waals surface area contributed by atoms with Crippen molar-refractivity contribution in [3.05, 3.63) is 0 Å². The number of rotatable bonds is 4. The molecule has 2 saturated heterocycles. The average molecular weight is 454 g/mol. The molecule has 2 heterocycles. The second kappa shape index (κ2) is 11.0. The number of thioether (sulfide) groups is 1. The van der Waals surface area contributed by atoms with Gasteiger partial charge in [0.05, 0.1) is 0 Å². The van der Waals surface area contributed by atoms with E-state index < -0.39 is 0 Å². The molecule has 0 spiro atoms. The highest BCUT2D eigenvalue weighted by atomic mass is 127. The van der Waals surface area contributed by atoms with Crippen molar-refractivity contribution < 1.29 is 0 Å². The van der Waals surface area contributed by atoms with Crippen LogP contribution in [0, 0.1) is 11.8 Å². The molecule has 0 bridgehead atoms. The highest BCUT2D eigenvalue weighted by Gasteiger charge is 2.25. The molecule has 0 radical (unpaired) electrons. The van der Waals surface area contributed by atoms with Crippen molar-refractivity contribution >= 4 is 41.7 Å². The van der Waals surface area contributed by atoms with Gasteiger partial charge in [-0.25, -0.2) is 0 Å². The van der Waals surface area contributed by atoms with Crippen LogP contribution >= 0.6 is 35.7 Å². The Balaban J connectivity index is 0.00000264. The van der Waals surface area contributed by atoms with E-state index in [1.807, 2.05) is 0 Å². The van der Waals surface area contributed by atoms with Crippen LogP contribution in [0.15, 0.2) is 4.99 Å². The molecule has 4 nitrogen and oxygen atoms in total. The maximum absolute atomic E-state index is 4.98. The van der Waals surface area contributed by atoms with E-state index in [4.69, 9.17) is 4.99 Å². The highest BCUT2D eigenvalue weighted by molar-refractivity contribution is 14.0. The summed E-state index contributed by atoms with van der Waals surface area (Å²) in [7, 11) is 2.23. The van der Waals surface area contributed by atoms with Gasteiger partial charge < -0.3 is 15.1 Å². The molecule has 0 aromatic heterocycles. The lowest BCUT2D eigenvalue weighted by molar-refractivity contribution is 0.214. The zero-order chi connectivity index (χ0) is 15.9. The number of hydrogen-bond acceptors (Lipinski definition) is 3. The molecule has 0 aliphatic carbocycles. The molecule has 0 aromatic rings. The van der Waals surface area contributed by atoms with Crippen LogP contribution in [0.1, 0.15) is 33.6 Å². The van der Waals surface area contributed by atoms with Crippen LogP contribution in [0.2, 0.25) is 0 Å². The molecule has 2 unspecified atom stereocenters. The maximum atomic E-state index is 4.98. The minimum atomic E-state index is 0. The van der Waals surface area contributed by atoms with E-state index in [0.29, 0.717) is 0 Å². The second-order valence-corrected chi connectivity index (χ2v) is 8.41. The van der Waals surface area contributed by atoms with Crippen LogP contribution in [0.5, 0.6) is 0 Å². The van der Waals surface area contributed by atoms with Gasteiger partial charge in [-0.05, 0) is 45.2 Å². The summed E-state index contributed by atoms with van der Waals surface area (Å²) < 4.78 is 0. The molecule has 2 fully saturated rings. The first kappa shape index (κ1) is 21.4. The number of nitrogens with zero attached hydrogens (tertiary/aromatic N) is 3. The maximum Gasteiger partial charge on any atom is 0.193 e. The van der Waals surface area contributed by atoms with Crippen molar-refractivity contribution in [2.75, 3.05) is 52.1 Å². The molecule has 0 aromatic carbocycles. The van der Waals surface area contributed by atoms with Crippen molar-refractivity contribution in [1.82, 2.24) is 15.1 Å². The Morgan fingerprint density at radius 2 is 2.09 bits per heavy atom.